The molecule has 1 aromatic carbocycles. The fourth-order valence-corrected chi connectivity index (χ4v) is 4.34. The van der Waals surface area contributed by atoms with Crippen LogP contribution in [0.15, 0.2) is 12.1 Å². The van der Waals surface area contributed by atoms with Crippen LogP contribution in [-0.4, -0.2) is 71.2 Å². The molecule has 0 spiro atoms. The van der Waals surface area contributed by atoms with Gasteiger partial charge in [-0.2, -0.15) is 0 Å². The van der Waals surface area contributed by atoms with Gasteiger partial charge in [-0.15, -0.1) is 0 Å². The Morgan fingerprint density at radius 2 is 1.57 bits per heavy atom. The monoisotopic (exact) mass is 416 g/mol. The lowest BCUT2D eigenvalue weighted by molar-refractivity contribution is -0.136. The van der Waals surface area contributed by atoms with Gasteiger partial charge in [0.1, 0.15) is 11.9 Å². The lowest BCUT2D eigenvalue weighted by atomic mass is 10.0. The Balaban J connectivity index is 1.59. The highest BCUT2D eigenvalue weighted by atomic mass is 19.1. The van der Waals surface area contributed by atoms with Gasteiger partial charge >= 0.3 is 0 Å². The number of benzene rings is 1. The van der Waals surface area contributed by atoms with Crippen LogP contribution in [0.2, 0.25) is 0 Å². The number of imide groups is 2. The van der Waals surface area contributed by atoms with E-state index in [4.69, 9.17) is 0 Å². The van der Waals surface area contributed by atoms with E-state index < -0.39 is 35.5 Å². The van der Waals surface area contributed by atoms with Crippen molar-refractivity contribution >= 4 is 29.3 Å². The second kappa shape index (κ2) is 7.16. The van der Waals surface area contributed by atoms with Crippen LogP contribution in [0.5, 0.6) is 0 Å². The third kappa shape index (κ3) is 3.36. The van der Waals surface area contributed by atoms with E-state index >= 15 is 0 Å². The van der Waals surface area contributed by atoms with E-state index in [0.29, 0.717) is 13.1 Å². The minimum atomic E-state index is -1.06. The van der Waals surface area contributed by atoms with Gasteiger partial charge < -0.3 is 4.90 Å². The molecule has 3 aliphatic heterocycles. The Morgan fingerprint density at radius 1 is 0.967 bits per heavy atom. The molecular weight excluding hydrogens is 391 g/mol. The van der Waals surface area contributed by atoms with Crippen molar-refractivity contribution in [3.63, 3.8) is 0 Å². The van der Waals surface area contributed by atoms with Gasteiger partial charge in [0.05, 0.1) is 16.8 Å². The molecule has 0 bridgehead atoms. The highest BCUT2D eigenvalue weighted by Crippen LogP contribution is 2.33. The van der Waals surface area contributed by atoms with Crippen LogP contribution < -0.4 is 10.2 Å². The summed E-state index contributed by atoms with van der Waals surface area (Å²) in [6.45, 7) is 9.12. The van der Waals surface area contributed by atoms with Crippen molar-refractivity contribution in [2.75, 3.05) is 31.1 Å². The molecule has 0 aliphatic carbocycles. The molecule has 1 N–H and O–H groups in total. The molecule has 1 atom stereocenters. The maximum atomic E-state index is 14.9. The lowest BCUT2D eigenvalue weighted by Crippen LogP contribution is -2.54. The topological polar surface area (TPSA) is 90.0 Å². The average Bonchev–Trinajstić information content (AvgIpc) is 2.91. The predicted molar refractivity (Wildman–Crippen MR) is 107 cm³/mol. The first-order chi connectivity index (χ1) is 14.1. The first kappa shape index (κ1) is 20.5. The third-order valence-electron chi connectivity index (χ3n) is 6.08. The minimum absolute atomic E-state index is 0.0212. The number of piperazine rings is 1. The molecule has 8 nitrogen and oxygen atoms in total. The first-order valence-electron chi connectivity index (χ1n) is 10.1. The standard InChI is InChI=1S/C21H25FN4O4/c1-21(2,3)25-8-6-24(7-9-25)16-11-13-12(10-14(16)22)19(29)26(20(13)30)15-4-5-17(27)23-18(15)28/h10-11,15H,4-9H2,1-3H3,(H,23,27,28)/t15-/m1/s1. The van der Waals surface area contributed by atoms with E-state index in [0.717, 1.165) is 24.1 Å². The molecule has 2 fully saturated rings. The Bertz CT molecular complexity index is 947. The summed E-state index contributed by atoms with van der Waals surface area (Å²) in [6.07, 6.45) is 0.113. The van der Waals surface area contributed by atoms with Crippen molar-refractivity contribution in [3.8, 4) is 0 Å². The Kier molecular flexibility index (Phi) is 4.88. The van der Waals surface area contributed by atoms with Crippen LogP contribution >= 0.6 is 0 Å². The second-order valence-corrected chi connectivity index (χ2v) is 8.94. The predicted octanol–water partition coefficient (Wildman–Crippen LogP) is 1.15. The molecule has 4 amide bonds. The molecule has 3 heterocycles. The van der Waals surface area contributed by atoms with Gasteiger partial charge in [0.15, 0.2) is 0 Å². The zero-order valence-electron chi connectivity index (χ0n) is 17.3. The van der Waals surface area contributed by atoms with Gasteiger partial charge in [-0.3, -0.25) is 34.3 Å². The highest BCUT2D eigenvalue weighted by molar-refractivity contribution is 6.23. The van der Waals surface area contributed by atoms with E-state index in [1.54, 1.807) is 0 Å². The smallest absolute Gasteiger partial charge is 0.262 e. The number of rotatable bonds is 2. The molecule has 0 radical (unpaired) electrons. The van der Waals surface area contributed by atoms with Crippen LogP contribution in [0, 0.1) is 5.82 Å². The molecule has 1 aromatic rings. The minimum Gasteiger partial charge on any atom is -0.367 e. The van der Waals surface area contributed by atoms with E-state index in [9.17, 15) is 23.6 Å². The summed E-state index contributed by atoms with van der Waals surface area (Å²) in [5, 5.41) is 2.15. The number of carbonyl (C=O) groups excluding carboxylic acids is 4. The first-order valence-corrected chi connectivity index (χ1v) is 10.1. The molecule has 2 saturated heterocycles. The number of nitrogens with one attached hydrogen (secondary N) is 1. The number of carbonyl (C=O) groups is 4. The summed E-state index contributed by atoms with van der Waals surface area (Å²) < 4.78 is 14.9. The van der Waals surface area contributed by atoms with Crippen molar-refractivity contribution < 1.29 is 23.6 Å². The number of amides is 4. The molecule has 160 valence electrons. The van der Waals surface area contributed by atoms with Crippen molar-refractivity contribution in [1.82, 2.24) is 15.1 Å². The summed E-state index contributed by atoms with van der Waals surface area (Å²) >= 11 is 0. The fourth-order valence-electron chi connectivity index (χ4n) is 4.34. The van der Waals surface area contributed by atoms with Crippen molar-refractivity contribution in [2.24, 2.45) is 0 Å². The summed E-state index contributed by atoms with van der Waals surface area (Å²) in [7, 11) is 0. The van der Waals surface area contributed by atoms with E-state index in [2.05, 4.69) is 31.0 Å². The maximum absolute atomic E-state index is 14.9. The van der Waals surface area contributed by atoms with Crippen molar-refractivity contribution in [3.05, 3.63) is 29.1 Å². The van der Waals surface area contributed by atoms with Crippen molar-refractivity contribution in [1.29, 1.82) is 0 Å². The number of halogens is 1. The molecule has 0 aromatic heterocycles. The zero-order valence-corrected chi connectivity index (χ0v) is 17.3. The fraction of sp³-hybridized carbons (Fsp3) is 0.524. The van der Waals surface area contributed by atoms with Gasteiger partial charge in [-0.25, -0.2) is 4.39 Å². The van der Waals surface area contributed by atoms with Crippen LogP contribution in [0.4, 0.5) is 10.1 Å². The molecular formula is C21H25FN4O4. The van der Waals surface area contributed by atoms with E-state index in [1.807, 2.05) is 4.90 Å². The zero-order chi connectivity index (χ0) is 21.8. The SMILES string of the molecule is CC(C)(C)N1CCN(c2cc3c(cc2F)C(=O)N([C@@H]2CCC(=O)NC2=O)C3=O)CC1. The molecule has 0 saturated carbocycles. The van der Waals surface area contributed by atoms with Crippen LogP contribution in [-0.2, 0) is 9.59 Å². The number of anilines is 1. The second-order valence-electron chi connectivity index (χ2n) is 8.94. The maximum Gasteiger partial charge on any atom is 0.262 e. The lowest BCUT2D eigenvalue weighted by Gasteiger charge is -2.43. The third-order valence-corrected chi connectivity index (χ3v) is 6.08. The Labute approximate surface area is 174 Å². The quantitative estimate of drug-likeness (QED) is 0.728. The number of nitrogens with zero attached hydrogens (tertiary/aromatic N) is 3. The largest absolute Gasteiger partial charge is 0.367 e. The molecule has 4 rings (SSSR count). The van der Waals surface area contributed by atoms with Gasteiger partial charge in [0.2, 0.25) is 11.8 Å². The van der Waals surface area contributed by atoms with Crippen molar-refractivity contribution in [2.45, 2.75) is 45.2 Å². The Hall–Kier alpha value is -2.81. The van der Waals surface area contributed by atoms with Gasteiger partial charge in [0.25, 0.3) is 11.8 Å². The van der Waals surface area contributed by atoms with E-state index in [-0.39, 0.29) is 35.2 Å². The van der Waals surface area contributed by atoms with Crippen LogP contribution in [0.1, 0.15) is 54.3 Å². The number of hydrogen-bond acceptors (Lipinski definition) is 6. The molecule has 0 unspecified atom stereocenters. The molecule has 9 heteroatoms. The van der Waals surface area contributed by atoms with Gasteiger partial charge in [-0.1, -0.05) is 0 Å². The van der Waals surface area contributed by atoms with Crippen LogP contribution in [0.25, 0.3) is 0 Å². The van der Waals surface area contributed by atoms with Gasteiger partial charge in [-0.05, 0) is 39.3 Å². The summed E-state index contributed by atoms with van der Waals surface area (Å²) in [6, 6.07) is 1.45. The molecule has 3 aliphatic rings. The number of hydrogen-bond donors (Lipinski definition) is 1. The highest BCUT2D eigenvalue weighted by Gasteiger charge is 2.45. The normalized spacial score (nSPS) is 23.1. The summed E-state index contributed by atoms with van der Waals surface area (Å²) in [5.74, 6) is -3.01. The number of piperidine rings is 1. The average molecular weight is 416 g/mol. The van der Waals surface area contributed by atoms with Crippen LogP contribution in [0.3, 0.4) is 0 Å². The number of fused-ring (bicyclic) bond motifs is 1. The summed E-state index contributed by atoms with van der Waals surface area (Å²) in [4.78, 5) is 54.3. The summed E-state index contributed by atoms with van der Waals surface area (Å²) in [5.41, 5.74) is 0.361. The van der Waals surface area contributed by atoms with Gasteiger partial charge in [0, 0.05) is 38.1 Å². The molecule has 30 heavy (non-hydrogen) atoms. The van der Waals surface area contributed by atoms with E-state index in [1.165, 1.54) is 6.07 Å². The Morgan fingerprint density at radius 3 is 2.13 bits per heavy atom.